The van der Waals surface area contributed by atoms with Crippen molar-refractivity contribution in [3.63, 3.8) is 0 Å². The molecule has 2 heteroatoms. The second kappa shape index (κ2) is 9.91. The van der Waals surface area contributed by atoms with Crippen LogP contribution in [-0.2, 0) is 5.60 Å². The molecule has 5 aromatic rings. The summed E-state index contributed by atoms with van der Waals surface area (Å²) in [4.78, 5) is 0. The zero-order valence-electron chi connectivity index (χ0n) is 19.6. The average Bonchev–Trinajstić information content (AvgIpc) is 2.96. The summed E-state index contributed by atoms with van der Waals surface area (Å²) in [5.74, 6) is 0. The third kappa shape index (κ3) is 3.97. The monoisotopic (exact) mass is 514 g/mol. The van der Waals surface area contributed by atoms with Gasteiger partial charge in [0, 0.05) is 0 Å². The van der Waals surface area contributed by atoms with Gasteiger partial charge in [0.1, 0.15) is 0 Å². The molecule has 0 saturated heterocycles. The van der Waals surface area contributed by atoms with E-state index in [1.54, 1.807) is 0 Å². The zero-order chi connectivity index (χ0) is 24.1. The molecule has 170 valence electrons. The molecule has 0 aromatic heterocycles. The minimum atomic E-state index is -3.73. The van der Waals surface area contributed by atoms with Gasteiger partial charge in [0.15, 0.2) is 0 Å². The van der Waals surface area contributed by atoms with Gasteiger partial charge in [-0.15, -0.1) is 0 Å². The molecule has 0 atom stereocenters. The summed E-state index contributed by atoms with van der Waals surface area (Å²) < 4.78 is 4.57. The number of hydrogen-bond donors (Lipinski definition) is 1. The van der Waals surface area contributed by atoms with Crippen molar-refractivity contribution in [3.8, 4) is 0 Å². The number of rotatable bonds is 7. The molecule has 35 heavy (non-hydrogen) atoms. The molecule has 0 unspecified atom stereocenters. The Hall–Kier alpha value is -3.66. The van der Waals surface area contributed by atoms with Crippen molar-refractivity contribution in [3.05, 3.63) is 174 Å². The molecular formula is C33H28GeO. The van der Waals surface area contributed by atoms with Crippen molar-refractivity contribution in [2.75, 3.05) is 0 Å². The fraction of sp³-hybridized carbons (Fsp3) is 0.0303. The Kier molecular flexibility index (Phi) is 6.54. The van der Waals surface area contributed by atoms with Gasteiger partial charge in [0.05, 0.1) is 0 Å². The van der Waals surface area contributed by atoms with Gasteiger partial charge in [-0.05, 0) is 0 Å². The van der Waals surface area contributed by atoms with Crippen molar-refractivity contribution in [1.29, 1.82) is 0 Å². The summed E-state index contributed by atoms with van der Waals surface area (Å²) in [6.07, 6.45) is 0. The molecule has 0 aliphatic heterocycles. The Balaban J connectivity index is 1.90. The van der Waals surface area contributed by atoms with Crippen LogP contribution in [0.3, 0.4) is 0 Å². The predicted octanol–water partition coefficient (Wildman–Crippen LogP) is 5.19. The van der Waals surface area contributed by atoms with Crippen LogP contribution in [0, 0.1) is 0 Å². The van der Waals surface area contributed by atoms with E-state index in [4.69, 9.17) is 6.58 Å². The summed E-state index contributed by atoms with van der Waals surface area (Å²) in [6, 6.07) is 51.9. The second-order valence-electron chi connectivity index (χ2n) is 8.77. The zero-order valence-corrected chi connectivity index (χ0v) is 21.7. The van der Waals surface area contributed by atoms with Crippen LogP contribution in [0.4, 0.5) is 0 Å². The molecule has 5 rings (SSSR count). The number of hydrogen-bond acceptors (Lipinski definition) is 1. The first-order valence-corrected chi connectivity index (χ1v) is 16.1. The molecule has 0 aliphatic carbocycles. The Morgan fingerprint density at radius 2 is 0.714 bits per heavy atom. The van der Waals surface area contributed by atoms with Crippen LogP contribution >= 0.6 is 0 Å². The van der Waals surface area contributed by atoms with Crippen molar-refractivity contribution < 1.29 is 5.11 Å². The molecule has 1 nitrogen and oxygen atoms in total. The summed E-state index contributed by atoms with van der Waals surface area (Å²) in [7, 11) is 0. The van der Waals surface area contributed by atoms with E-state index in [1.807, 2.05) is 60.7 Å². The predicted molar refractivity (Wildman–Crippen MR) is 149 cm³/mol. The Labute approximate surface area is 210 Å². The minimum absolute atomic E-state index is 0.828. The SMILES string of the molecule is C=[C](C(O)(c1ccccc1)c1ccccc1)[Ge]([c]1ccccc1)([c]1ccccc1)[c]1ccccc1. The molecule has 1 N–H and O–H groups in total. The third-order valence-electron chi connectivity index (χ3n) is 6.89. The van der Waals surface area contributed by atoms with E-state index in [2.05, 4.69) is 91.0 Å². The first-order valence-electron chi connectivity index (χ1n) is 11.9. The number of benzene rings is 5. The summed E-state index contributed by atoms with van der Waals surface area (Å²) >= 11 is -3.73. The van der Waals surface area contributed by atoms with E-state index < -0.39 is 18.9 Å². The van der Waals surface area contributed by atoms with Crippen LogP contribution in [0.25, 0.3) is 0 Å². The van der Waals surface area contributed by atoms with E-state index in [1.165, 1.54) is 13.2 Å². The van der Waals surface area contributed by atoms with Crippen molar-refractivity contribution in [2.45, 2.75) is 5.60 Å². The molecular weight excluding hydrogens is 485 g/mol. The van der Waals surface area contributed by atoms with E-state index in [0.717, 1.165) is 15.5 Å². The van der Waals surface area contributed by atoms with Crippen LogP contribution in [0.1, 0.15) is 11.1 Å². The van der Waals surface area contributed by atoms with Gasteiger partial charge in [-0.25, -0.2) is 0 Å². The van der Waals surface area contributed by atoms with Crippen LogP contribution in [-0.4, -0.2) is 18.4 Å². The van der Waals surface area contributed by atoms with Gasteiger partial charge in [-0.1, -0.05) is 0 Å². The first-order chi connectivity index (χ1) is 17.2. The van der Waals surface area contributed by atoms with Crippen molar-refractivity contribution in [2.24, 2.45) is 0 Å². The summed E-state index contributed by atoms with van der Waals surface area (Å²) in [6.45, 7) is 4.81. The molecule has 0 saturated carbocycles. The summed E-state index contributed by atoms with van der Waals surface area (Å²) in [5, 5.41) is 12.9. The average molecular weight is 513 g/mol. The van der Waals surface area contributed by atoms with Gasteiger partial charge in [0.25, 0.3) is 0 Å². The maximum absolute atomic E-state index is 12.9. The van der Waals surface area contributed by atoms with E-state index in [9.17, 15) is 5.11 Å². The maximum atomic E-state index is 12.9. The van der Waals surface area contributed by atoms with Gasteiger partial charge >= 0.3 is 211 Å². The number of aliphatic hydroxyl groups is 1. The van der Waals surface area contributed by atoms with Crippen molar-refractivity contribution >= 4 is 26.5 Å². The first kappa shape index (κ1) is 23.1. The van der Waals surface area contributed by atoms with Crippen LogP contribution in [0.2, 0.25) is 0 Å². The fourth-order valence-corrected chi connectivity index (χ4v) is 15.6. The van der Waals surface area contributed by atoms with Gasteiger partial charge in [-0.2, -0.15) is 0 Å². The fourth-order valence-electron chi connectivity index (χ4n) is 5.23. The molecule has 0 radical (unpaired) electrons. The topological polar surface area (TPSA) is 20.2 Å². The van der Waals surface area contributed by atoms with E-state index in [0.29, 0.717) is 0 Å². The molecule has 5 aromatic carbocycles. The van der Waals surface area contributed by atoms with Gasteiger partial charge in [0.2, 0.25) is 0 Å². The Morgan fingerprint density at radius 1 is 0.457 bits per heavy atom. The second-order valence-corrected chi connectivity index (χ2v) is 16.8. The quantitative estimate of drug-likeness (QED) is 0.298. The molecule has 0 amide bonds. The van der Waals surface area contributed by atoms with E-state index in [-0.39, 0.29) is 0 Å². The Morgan fingerprint density at radius 3 is 1.00 bits per heavy atom. The Bertz CT molecular complexity index is 1250. The normalized spacial score (nSPS) is 11.7. The third-order valence-corrected chi connectivity index (χ3v) is 17.1. The molecule has 0 bridgehead atoms. The molecule has 0 aliphatic rings. The standard InChI is InChI=1S/C33H28GeO/c1-27(33(35,28-17-7-2-8-18-28)29-19-9-3-10-20-29)34(30-21-11-4-12-22-30,31-23-13-5-14-24-31)32-25-15-6-16-26-32/h2-26,35H,1H2. The van der Waals surface area contributed by atoms with Crippen molar-refractivity contribution in [1.82, 2.24) is 0 Å². The summed E-state index contributed by atoms with van der Waals surface area (Å²) in [5.41, 5.74) is 0.285. The molecule has 0 fully saturated rings. The molecule has 0 spiro atoms. The van der Waals surface area contributed by atoms with Gasteiger partial charge in [-0.3, -0.25) is 0 Å². The van der Waals surface area contributed by atoms with E-state index >= 15 is 0 Å². The molecule has 0 heterocycles. The van der Waals surface area contributed by atoms with Gasteiger partial charge < -0.3 is 0 Å². The van der Waals surface area contributed by atoms with Crippen LogP contribution < -0.4 is 13.2 Å². The van der Waals surface area contributed by atoms with Crippen LogP contribution in [0.15, 0.2) is 163 Å². The van der Waals surface area contributed by atoms with Crippen LogP contribution in [0.5, 0.6) is 0 Å².